The van der Waals surface area contributed by atoms with Gasteiger partial charge in [0.05, 0.1) is 11.9 Å². The zero-order chi connectivity index (χ0) is 14.4. The van der Waals surface area contributed by atoms with Gasteiger partial charge in [-0.3, -0.25) is 4.79 Å². The standard InChI is InChI=1S/C14H19N5O/c1-3-15-8-13-9-19(18-17-13)10-14(20)16-12-6-4-5-11(2)7-12/h4-7,9,15H,3,8,10H2,1-2H3,(H,16,20). The van der Waals surface area contributed by atoms with Crippen molar-refractivity contribution in [2.45, 2.75) is 26.9 Å². The number of anilines is 1. The van der Waals surface area contributed by atoms with Crippen molar-refractivity contribution in [2.24, 2.45) is 0 Å². The van der Waals surface area contributed by atoms with Gasteiger partial charge in [0.15, 0.2) is 0 Å². The highest BCUT2D eigenvalue weighted by Crippen LogP contribution is 2.09. The molecular formula is C14H19N5O. The molecule has 0 fully saturated rings. The van der Waals surface area contributed by atoms with Gasteiger partial charge in [-0.2, -0.15) is 0 Å². The minimum atomic E-state index is -0.115. The third kappa shape index (κ3) is 4.17. The second kappa shape index (κ2) is 6.81. The first-order valence-corrected chi connectivity index (χ1v) is 6.63. The van der Waals surface area contributed by atoms with E-state index < -0.39 is 0 Å². The highest BCUT2D eigenvalue weighted by molar-refractivity contribution is 5.90. The summed E-state index contributed by atoms with van der Waals surface area (Å²) in [6.07, 6.45) is 1.78. The number of carbonyl (C=O) groups excluding carboxylic acids is 1. The summed E-state index contributed by atoms with van der Waals surface area (Å²) in [7, 11) is 0. The van der Waals surface area contributed by atoms with Crippen LogP contribution in [0.25, 0.3) is 0 Å². The Morgan fingerprint density at radius 3 is 3.00 bits per heavy atom. The number of hydrogen-bond acceptors (Lipinski definition) is 4. The van der Waals surface area contributed by atoms with Crippen LogP contribution in [-0.4, -0.2) is 27.4 Å². The molecule has 20 heavy (non-hydrogen) atoms. The molecule has 0 bridgehead atoms. The first-order chi connectivity index (χ1) is 9.67. The van der Waals surface area contributed by atoms with Crippen LogP contribution in [0.2, 0.25) is 0 Å². The van der Waals surface area contributed by atoms with Crippen LogP contribution >= 0.6 is 0 Å². The summed E-state index contributed by atoms with van der Waals surface area (Å²) >= 11 is 0. The maximum atomic E-state index is 11.9. The van der Waals surface area contributed by atoms with Crippen LogP contribution in [0.15, 0.2) is 30.5 Å². The molecule has 1 heterocycles. The van der Waals surface area contributed by atoms with E-state index in [-0.39, 0.29) is 12.5 Å². The summed E-state index contributed by atoms with van der Waals surface area (Å²) in [5, 5.41) is 13.9. The van der Waals surface area contributed by atoms with E-state index in [2.05, 4.69) is 20.9 Å². The first kappa shape index (κ1) is 14.2. The quantitative estimate of drug-likeness (QED) is 0.833. The number of hydrogen-bond donors (Lipinski definition) is 2. The number of rotatable bonds is 6. The van der Waals surface area contributed by atoms with Gasteiger partial charge in [-0.15, -0.1) is 5.10 Å². The van der Waals surface area contributed by atoms with E-state index >= 15 is 0 Å². The van der Waals surface area contributed by atoms with Gasteiger partial charge in [-0.05, 0) is 31.2 Å². The second-order valence-corrected chi connectivity index (χ2v) is 4.61. The highest BCUT2D eigenvalue weighted by atomic mass is 16.2. The predicted molar refractivity (Wildman–Crippen MR) is 77.2 cm³/mol. The summed E-state index contributed by atoms with van der Waals surface area (Å²) in [5.74, 6) is -0.115. The molecule has 0 aliphatic heterocycles. The summed E-state index contributed by atoms with van der Waals surface area (Å²) in [6.45, 7) is 5.71. The van der Waals surface area contributed by atoms with Crippen LogP contribution in [0.5, 0.6) is 0 Å². The van der Waals surface area contributed by atoms with E-state index in [1.165, 1.54) is 4.68 Å². The minimum absolute atomic E-state index is 0.115. The Morgan fingerprint density at radius 1 is 1.40 bits per heavy atom. The molecule has 0 spiro atoms. The summed E-state index contributed by atoms with van der Waals surface area (Å²) in [4.78, 5) is 11.9. The average Bonchev–Trinajstić information content (AvgIpc) is 2.83. The van der Waals surface area contributed by atoms with E-state index in [0.29, 0.717) is 6.54 Å². The van der Waals surface area contributed by atoms with E-state index in [9.17, 15) is 4.79 Å². The van der Waals surface area contributed by atoms with Crippen molar-refractivity contribution >= 4 is 11.6 Å². The number of aromatic nitrogens is 3. The van der Waals surface area contributed by atoms with Crippen LogP contribution in [0, 0.1) is 6.92 Å². The summed E-state index contributed by atoms with van der Waals surface area (Å²) < 4.78 is 1.54. The first-order valence-electron chi connectivity index (χ1n) is 6.63. The molecule has 0 saturated heterocycles. The van der Waals surface area contributed by atoms with Crippen molar-refractivity contribution in [3.05, 3.63) is 41.7 Å². The molecule has 0 aliphatic carbocycles. The maximum absolute atomic E-state index is 11.9. The van der Waals surface area contributed by atoms with E-state index in [4.69, 9.17) is 0 Å². The van der Waals surface area contributed by atoms with E-state index in [1.807, 2.05) is 38.1 Å². The molecule has 1 amide bonds. The molecular weight excluding hydrogens is 254 g/mol. The van der Waals surface area contributed by atoms with Crippen molar-refractivity contribution in [1.82, 2.24) is 20.3 Å². The van der Waals surface area contributed by atoms with E-state index in [0.717, 1.165) is 23.5 Å². The zero-order valence-electron chi connectivity index (χ0n) is 11.8. The summed E-state index contributed by atoms with van der Waals surface area (Å²) in [6, 6.07) is 7.69. The molecule has 0 aliphatic rings. The lowest BCUT2D eigenvalue weighted by Crippen LogP contribution is -2.19. The molecule has 106 valence electrons. The molecule has 0 saturated carbocycles. The molecule has 6 heteroatoms. The number of nitrogens with zero attached hydrogens (tertiary/aromatic N) is 3. The van der Waals surface area contributed by atoms with Crippen LogP contribution in [0.1, 0.15) is 18.2 Å². The van der Waals surface area contributed by atoms with Crippen LogP contribution in [-0.2, 0) is 17.9 Å². The Kier molecular flexibility index (Phi) is 4.84. The number of benzene rings is 1. The lowest BCUT2D eigenvalue weighted by atomic mass is 10.2. The fraction of sp³-hybridized carbons (Fsp3) is 0.357. The lowest BCUT2D eigenvalue weighted by molar-refractivity contribution is -0.116. The molecule has 1 aromatic carbocycles. The van der Waals surface area contributed by atoms with Crippen LogP contribution in [0.4, 0.5) is 5.69 Å². The molecule has 6 nitrogen and oxygen atoms in total. The average molecular weight is 273 g/mol. The number of aryl methyl sites for hydroxylation is 1. The molecule has 0 radical (unpaired) electrons. The zero-order valence-corrected chi connectivity index (χ0v) is 11.8. The fourth-order valence-corrected chi connectivity index (χ4v) is 1.82. The van der Waals surface area contributed by atoms with Crippen molar-refractivity contribution in [1.29, 1.82) is 0 Å². The number of nitrogens with one attached hydrogen (secondary N) is 2. The molecule has 0 atom stereocenters. The van der Waals surface area contributed by atoms with E-state index in [1.54, 1.807) is 6.20 Å². The van der Waals surface area contributed by atoms with Gasteiger partial charge >= 0.3 is 0 Å². The predicted octanol–water partition coefficient (Wildman–Crippen LogP) is 1.33. The van der Waals surface area contributed by atoms with Gasteiger partial charge in [0.1, 0.15) is 6.54 Å². The molecule has 1 aromatic heterocycles. The Balaban J connectivity index is 1.89. The smallest absolute Gasteiger partial charge is 0.246 e. The van der Waals surface area contributed by atoms with Gasteiger partial charge < -0.3 is 10.6 Å². The Bertz CT molecular complexity index is 578. The van der Waals surface area contributed by atoms with Crippen molar-refractivity contribution in [3.8, 4) is 0 Å². The number of carbonyl (C=O) groups is 1. The van der Waals surface area contributed by atoms with Crippen LogP contribution in [0.3, 0.4) is 0 Å². The third-order valence-corrected chi connectivity index (χ3v) is 2.75. The molecule has 2 N–H and O–H groups in total. The second-order valence-electron chi connectivity index (χ2n) is 4.61. The maximum Gasteiger partial charge on any atom is 0.246 e. The molecule has 0 unspecified atom stereocenters. The third-order valence-electron chi connectivity index (χ3n) is 2.75. The molecule has 2 aromatic rings. The summed E-state index contributed by atoms with van der Waals surface area (Å²) in [5.41, 5.74) is 2.73. The Morgan fingerprint density at radius 2 is 2.25 bits per heavy atom. The van der Waals surface area contributed by atoms with Crippen molar-refractivity contribution in [2.75, 3.05) is 11.9 Å². The van der Waals surface area contributed by atoms with Gasteiger partial charge in [-0.25, -0.2) is 4.68 Å². The van der Waals surface area contributed by atoms with Gasteiger partial charge in [0.25, 0.3) is 0 Å². The fourth-order valence-electron chi connectivity index (χ4n) is 1.82. The van der Waals surface area contributed by atoms with Gasteiger partial charge in [0, 0.05) is 12.2 Å². The van der Waals surface area contributed by atoms with Gasteiger partial charge in [-0.1, -0.05) is 24.3 Å². The monoisotopic (exact) mass is 273 g/mol. The minimum Gasteiger partial charge on any atom is -0.324 e. The van der Waals surface area contributed by atoms with Crippen molar-refractivity contribution < 1.29 is 4.79 Å². The highest BCUT2D eigenvalue weighted by Gasteiger charge is 2.06. The largest absolute Gasteiger partial charge is 0.324 e. The lowest BCUT2D eigenvalue weighted by Gasteiger charge is -2.05. The SMILES string of the molecule is CCNCc1cn(CC(=O)Nc2cccc(C)c2)nn1. The Hall–Kier alpha value is -2.21. The molecule has 2 rings (SSSR count). The normalized spacial score (nSPS) is 10.5. The Labute approximate surface area is 118 Å². The topological polar surface area (TPSA) is 71.8 Å². The van der Waals surface area contributed by atoms with Crippen molar-refractivity contribution in [3.63, 3.8) is 0 Å². The van der Waals surface area contributed by atoms with Crippen LogP contribution < -0.4 is 10.6 Å². The van der Waals surface area contributed by atoms with Gasteiger partial charge in [0.2, 0.25) is 5.91 Å². The number of amides is 1.